The molecule has 2 aliphatic rings. The van der Waals surface area contributed by atoms with Crippen LogP contribution in [0.15, 0.2) is 17.0 Å². The molecule has 0 aromatic heterocycles. The van der Waals surface area contributed by atoms with Crippen LogP contribution in [0.5, 0.6) is 0 Å². The van der Waals surface area contributed by atoms with Crippen LogP contribution in [0.1, 0.15) is 18.4 Å². The molecule has 14 heteroatoms. The molecule has 0 unspecified atom stereocenters. The number of aliphatic carboxylic acids is 1. The molecule has 180 valence electrons. The minimum absolute atomic E-state index is 0.0228. The first kappa shape index (κ1) is 25.8. The minimum atomic E-state index is -5.08. The van der Waals surface area contributed by atoms with E-state index in [1.165, 1.54) is 4.90 Å². The fraction of sp³-hybridized carbons (Fsp3) is 0.556. The van der Waals surface area contributed by atoms with Gasteiger partial charge >= 0.3 is 18.2 Å². The molecule has 2 saturated heterocycles. The molecule has 1 aromatic carbocycles. The Balaban J connectivity index is 0.000000451. The van der Waals surface area contributed by atoms with Crippen LogP contribution in [0.3, 0.4) is 0 Å². The molecular weight excluding hydrogens is 465 g/mol. The van der Waals surface area contributed by atoms with Crippen LogP contribution in [0.4, 0.5) is 26.7 Å². The third kappa shape index (κ3) is 6.51. The van der Waals surface area contributed by atoms with E-state index in [2.05, 4.69) is 5.32 Å². The maximum Gasteiger partial charge on any atom is 0.490 e. The molecule has 2 fully saturated rings. The summed E-state index contributed by atoms with van der Waals surface area (Å²) < 4.78 is 82.8. The smallest absolute Gasteiger partial charge is 0.475 e. The SMILES string of the molecule is CS(=O)(=O)c1cc(F)c(CN2CCN(C3CCNCC3)C2=O)cc1F.O=C(O)C(F)(F)F. The topological polar surface area (TPSA) is 107 Å². The van der Waals surface area contributed by atoms with E-state index in [0.29, 0.717) is 19.2 Å². The van der Waals surface area contributed by atoms with E-state index in [0.717, 1.165) is 38.3 Å². The second kappa shape index (κ2) is 9.98. The average Bonchev–Trinajstić information content (AvgIpc) is 3.04. The average molecular weight is 487 g/mol. The largest absolute Gasteiger partial charge is 0.490 e. The molecule has 3 rings (SSSR count). The monoisotopic (exact) mass is 487 g/mol. The third-order valence-corrected chi connectivity index (χ3v) is 6.09. The van der Waals surface area contributed by atoms with E-state index in [-0.39, 0.29) is 24.2 Å². The Hall–Kier alpha value is -2.48. The highest BCUT2D eigenvalue weighted by Crippen LogP contribution is 2.24. The molecule has 2 heterocycles. The first-order valence-corrected chi connectivity index (χ1v) is 11.3. The number of nitrogens with one attached hydrogen (secondary N) is 1. The Morgan fingerprint density at radius 3 is 2.22 bits per heavy atom. The molecule has 0 spiro atoms. The van der Waals surface area contributed by atoms with Crippen LogP contribution in [-0.4, -0.2) is 80.0 Å². The van der Waals surface area contributed by atoms with Crippen LogP contribution in [0.25, 0.3) is 0 Å². The maximum atomic E-state index is 14.2. The molecule has 0 radical (unpaired) electrons. The molecule has 0 aliphatic carbocycles. The highest BCUT2D eigenvalue weighted by atomic mass is 32.2. The van der Waals surface area contributed by atoms with E-state index in [1.54, 1.807) is 4.90 Å². The zero-order valence-corrected chi connectivity index (χ0v) is 17.8. The fourth-order valence-corrected chi connectivity index (χ4v) is 4.12. The summed E-state index contributed by atoms with van der Waals surface area (Å²) in [4.78, 5) is 24.0. The lowest BCUT2D eigenvalue weighted by Gasteiger charge is -2.31. The van der Waals surface area contributed by atoms with Crippen LogP contribution >= 0.6 is 0 Å². The van der Waals surface area contributed by atoms with E-state index < -0.39 is 38.5 Å². The molecule has 8 nitrogen and oxygen atoms in total. The number of hydrogen-bond donors (Lipinski definition) is 2. The van der Waals surface area contributed by atoms with Crippen molar-refractivity contribution >= 4 is 21.8 Å². The molecule has 2 N–H and O–H groups in total. The summed E-state index contributed by atoms with van der Waals surface area (Å²) in [6.45, 7) is 2.66. The number of sulfone groups is 1. The van der Waals surface area contributed by atoms with Gasteiger partial charge in [0.05, 0.1) is 6.54 Å². The first-order chi connectivity index (χ1) is 14.7. The van der Waals surface area contributed by atoms with E-state index in [1.807, 2.05) is 0 Å². The zero-order valence-electron chi connectivity index (χ0n) is 17.0. The van der Waals surface area contributed by atoms with Gasteiger partial charge in [-0.2, -0.15) is 13.2 Å². The van der Waals surface area contributed by atoms with Crippen molar-refractivity contribution in [2.24, 2.45) is 0 Å². The number of halogens is 5. The Kier molecular flexibility index (Phi) is 8.04. The third-order valence-electron chi connectivity index (χ3n) is 4.98. The molecule has 32 heavy (non-hydrogen) atoms. The van der Waals surface area contributed by atoms with Crippen LogP contribution in [0, 0.1) is 11.6 Å². The molecule has 2 amide bonds. The summed E-state index contributed by atoms with van der Waals surface area (Å²) >= 11 is 0. The summed E-state index contributed by atoms with van der Waals surface area (Å²) in [5.74, 6) is -4.58. The fourth-order valence-electron chi connectivity index (χ4n) is 3.39. The quantitative estimate of drug-likeness (QED) is 0.630. The van der Waals surface area contributed by atoms with Gasteiger partial charge in [-0.05, 0) is 38.1 Å². The van der Waals surface area contributed by atoms with Crippen molar-refractivity contribution in [3.05, 3.63) is 29.3 Å². The summed E-state index contributed by atoms with van der Waals surface area (Å²) in [6.07, 6.45) is -2.50. The van der Waals surface area contributed by atoms with Gasteiger partial charge in [-0.15, -0.1) is 0 Å². The van der Waals surface area contributed by atoms with E-state index >= 15 is 0 Å². The predicted molar refractivity (Wildman–Crippen MR) is 102 cm³/mol. The van der Waals surface area contributed by atoms with Gasteiger partial charge in [0, 0.05) is 31.0 Å². The number of alkyl halides is 3. The molecule has 0 atom stereocenters. The lowest BCUT2D eigenvalue weighted by Crippen LogP contribution is -2.45. The van der Waals surface area contributed by atoms with Gasteiger partial charge in [-0.25, -0.2) is 26.8 Å². The van der Waals surface area contributed by atoms with Gasteiger partial charge in [0.1, 0.15) is 16.5 Å². The number of carboxylic acid groups (broad SMARTS) is 1. The molecule has 0 saturated carbocycles. The highest BCUT2D eigenvalue weighted by molar-refractivity contribution is 7.90. The van der Waals surface area contributed by atoms with Gasteiger partial charge < -0.3 is 20.2 Å². The van der Waals surface area contributed by atoms with Crippen LogP contribution < -0.4 is 5.32 Å². The second-order valence-electron chi connectivity index (χ2n) is 7.33. The zero-order chi connectivity index (χ0) is 24.3. The van der Waals surface area contributed by atoms with Crippen molar-refractivity contribution in [1.29, 1.82) is 0 Å². The number of benzene rings is 1. The summed E-state index contributed by atoms with van der Waals surface area (Å²) in [5.41, 5.74) is -0.0228. The van der Waals surface area contributed by atoms with Gasteiger partial charge in [-0.3, -0.25) is 0 Å². The summed E-state index contributed by atoms with van der Waals surface area (Å²) in [7, 11) is -3.84. The molecule has 0 bridgehead atoms. The number of rotatable bonds is 4. The standard InChI is InChI=1S/C16H21F2N3O3S.C2HF3O2/c1-25(23,24)15-9-13(17)11(8-14(15)18)10-20-6-7-21(16(20)22)12-2-4-19-5-3-12;3-2(4,5)1(6)7/h8-9,12,19H,2-7,10H2,1H3;(H,6,7). The van der Waals surface area contributed by atoms with Gasteiger partial charge in [-0.1, -0.05) is 0 Å². The van der Waals surface area contributed by atoms with Crippen molar-refractivity contribution in [3.63, 3.8) is 0 Å². The van der Waals surface area contributed by atoms with Crippen molar-refractivity contribution in [1.82, 2.24) is 15.1 Å². The number of nitrogens with zero attached hydrogens (tertiary/aromatic N) is 2. The highest BCUT2D eigenvalue weighted by Gasteiger charge is 2.38. The van der Waals surface area contributed by atoms with Crippen molar-refractivity contribution in [2.45, 2.75) is 36.5 Å². The second-order valence-corrected chi connectivity index (χ2v) is 9.31. The number of carbonyl (C=O) groups is 2. The number of amides is 2. The molecular formula is C18H22F5N3O5S. The Bertz CT molecular complexity index is 964. The lowest BCUT2D eigenvalue weighted by atomic mass is 10.1. The van der Waals surface area contributed by atoms with Crippen LogP contribution in [-0.2, 0) is 21.2 Å². The Labute approximate surface area is 180 Å². The van der Waals surface area contributed by atoms with Gasteiger partial charge in [0.2, 0.25) is 0 Å². The van der Waals surface area contributed by atoms with E-state index in [4.69, 9.17) is 9.90 Å². The normalized spacial score (nSPS) is 17.9. The van der Waals surface area contributed by atoms with Crippen molar-refractivity contribution < 1.29 is 45.1 Å². The van der Waals surface area contributed by atoms with Gasteiger partial charge in [0.25, 0.3) is 0 Å². The van der Waals surface area contributed by atoms with Crippen molar-refractivity contribution in [3.8, 4) is 0 Å². The first-order valence-electron chi connectivity index (χ1n) is 9.46. The predicted octanol–water partition coefficient (Wildman–Crippen LogP) is 1.99. The van der Waals surface area contributed by atoms with Crippen LogP contribution in [0.2, 0.25) is 0 Å². The molecule has 2 aliphatic heterocycles. The summed E-state index contributed by atoms with van der Waals surface area (Å²) in [5, 5.41) is 10.4. The number of carboxylic acids is 1. The maximum absolute atomic E-state index is 14.2. The molecule has 1 aromatic rings. The number of piperidine rings is 1. The van der Waals surface area contributed by atoms with Crippen molar-refractivity contribution in [2.75, 3.05) is 32.4 Å². The Morgan fingerprint density at radius 2 is 1.72 bits per heavy atom. The summed E-state index contributed by atoms with van der Waals surface area (Å²) in [6, 6.07) is 1.55. The number of hydrogen-bond acceptors (Lipinski definition) is 5. The van der Waals surface area contributed by atoms with Gasteiger partial charge in [0.15, 0.2) is 9.84 Å². The number of carbonyl (C=O) groups excluding carboxylic acids is 1. The minimum Gasteiger partial charge on any atom is -0.475 e. The Morgan fingerprint density at radius 1 is 1.16 bits per heavy atom. The van der Waals surface area contributed by atoms with E-state index in [9.17, 15) is 35.2 Å². The number of urea groups is 1. The lowest BCUT2D eigenvalue weighted by molar-refractivity contribution is -0.192.